The quantitative estimate of drug-likeness (QED) is 0.765. The Morgan fingerprint density at radius 2 is 2.35 bits per heavy atom. The minimum atomic E-state index is -0.255. The van der Waals surface area contributed by atoms with Crippen molar-refractivity contribution in [2.24, 2.45) is 0 Å². The van der Waals surface area contributed by atoms with Crippen LogP contribution in [-0.4, -0.2) is 44.7 Å². The van der Waals surface area contributed by atoms with Gasteiger partial charge in [-0.1, -0.05) is 6.92 Å². The number of carbonyl (C=O) groups excluding carboxylic acids is 1. The van der Waals surface area contributed by atoms with E-state index in [0.29, 0.717) is 12.5 Å². The van der Waals surface area contributed by atoms with Gasteiger partial charge in [0.1, 0.15) is 11.2 Å². The number of thiophene rings is 1. The highest BCUT2D eigenvalue weighted by Gasteiger charge is 2.26. The molecule has 0 aromatic carbocycles. The standard InChI is InChI=1S/C18H21N5O2S/c1-10-4-2-6-12-13(10)14-16-21-15(22-23(16)9-20-18(14)26-12)17(24)19-8-11-5-3-7-25-11/h9-11H,2-8H2,1H3,(H,19,24)/t10-,11-/m1/s1. The first-order valence-electron chi connectivity index (χ1n) is 9.27. The molecule has 136 valence electrons. The number of fused-ring (bicyclic) bond motifs is 5. The molecule has 0 spiro atoms. The van der Waals surface area contributed by atoms with Crippen LogP contribution in [0.3, 0.4) is 0 Å². The summed E-state index contributed by atoms with van der Waals surface area (Å²) in [5, 5.41) is 8.33. The van der Waals surface area contributed by atoms with E-state index in [1.54, 1.807) is 22.2 Å². The van der Waals surface area contributed by atoms with Crippen LogP contribution in [0.25, 0.3) is 15.9 Å². The van der Waals surface area contributed by atoms with Crippen LogP contribution < -0.4 is 5.32 Å². The Kier molecular flexibility index (Phi) is 3.90. The Bertz CT molecular complexity index is 988. The molecule has 0 unspecified atom stereocenters. The molecule has 26 heavy (non-hydrogen) atoms. The molecular formula is C18H21N5O2S. The number of nitrogens with zero attached hydrogens (tertiary/aromatic N) is 4. The molecule has 3 aromatic rings. The van der Waals surface area contributed by atoms with Crippen LogP contribution in [0.15, 0.2) is 6.33 Å². The summed E-state index contributed by atoms with van der Waals surface area (Å²) in [6.07, 6.45) is 7.32. The van der Waals surface area contributed by atoms with E-state index < -0.39 is 0 Å². The normalized spacial score (nSPS) is 22.8. The predicted octanol–water partition coefficient (Wildman–Crippen LogP) is 2.69. The number of hydrogen-bond donors (Lipinski definition) is 1. The van der Waals surface area contributed by atoms with Crippen LogP contribution in [0.2, 0.25) is 0 Å². The molecule has 2 atom stereocenters. The number of carbonyl (C=O) groups is 1. The molecule has 1 saturated heterocycles. The average Bonchev–Trinajstić information content (AvgIpc) is 3.36. The van der Waals surface area contributed by atoms with Crippen molar-refractivity contribution in [3.05, 3.63) is 22.6 Å². The molecule has 1 aliphatic heterocycles. The summed E-state index contributed by atoms with van der Waals surface area (Å²) in [4.78, 5) is 24.0. The second-order valence-corrected chi connectivity index (χ2v) is 8.29. The zero-order chi connectivity index (χ0) is 17.7. The number of nitrogens with one attached hydrogen (secondary N) is 1. The van der Waals surface area contributed by atoms with E-state index in [4.69, 9.17) is 4.74 Å². The Morgan fingerprint density at radius 1 is 1.42 bits per heavy atom. The van der Waals surface area contributed by atoms with Gasteiger partial charge in [0.15, 0.2) is 5.65 Å². The average molecular weight is 371 g/mol. The minimum absolute atomic E-state index is 0.106. The third kappa shape index (κ3) is 2.59. The molecule has 0 bridgehead atoms. The van der Waals surface area contributed by atoms with Gasteiger partial charge in [-0.3, -0.25) is 4.79 Å². The zero-order valence-corrected chi connectivity index (χ0v) is 15.5. The largest absolute Gasteiger partial charge is 0.376 e. The van der Waals surface area contributed by atoms with Crippen LogP contribution in [0.1, 0.15) is 59.6 Å². The van der Waals surface area contributed by atoms with Gasteiger partial charge >= 0.3 is 0 Å². The number of amides is 1. The molecule has 3 aromatic heterocycles. The van der Waals surface area contributed by atoms with Gasteiger partial charge in [0.25, 0.3) is 5.91 Å². The lowest BCUT2D eigenvalue weighted by atomic mass is 9.87. The van der Waals surface area contributed by atoms with Crippen molar-refractivity contribution in [1.82, 2.24) is 24.9 Å². The predicted molar refractivity (Wildman–Crippen MR) is 98.8 cm³/mol. The number of ether oxygens (including phenoxy) is 1. The lowest BCUT2D eigenvalue weighted by molar-refractivity contribution is 0.0849. The van der Waals surface area contributed by atoms with Crippen LogP contribution in [0.5, 0.6) is 0 Å². The molecule has 1 aliphatic carbocycles. The fourth-order valence-corrected chi connectivity index (χ4v) is 5.37. The monoisotopic (exact) mass is 371 g/mol. The van der Waals surface area contributed by atoms with Crippen LogP contribution in [0, 0.1) is 0 Å². The molecule has 0 saturated carbocycles. The topological polar surface area (TPSA) is 81.4 Å². The summed E-state index contributed by atoms with van der Waals surface area (Å²) >= 11 is 1.75. The maximum Gasteiger partial charge on any atom is 0.291 e. The molecule has 8 heteroatoms. The van der Waals surface area contributed by atoms with E-state index in [-0.39, 0.29) is 17.8 Å². The van der Waals surface area contributed by atoms with E-state index in [9.17, 15) is 4.79 Å². The molecule has 1 fully saturated rings. The first-order valence-corrected chi connectivity index (χ1v) is 10.1. The summed E-state index contributed by atoms with van der Waals surface area (Å²) in [5.74, 6) is 0.434. The van der Waals surface area contributed by atoms with E-state index >= 15 is 0 Å². The summed E-state index contributed by atoms with van der Waals surface area (Å²) in [6.45, 7) is 3.55. The van der Waals surface area contributed by atoms with Crippen molar-refractivity contribution < 1.29 is 9.53 Å². The highest BCUT2D eigenvalue weighted by molar-refractivity contribution is 7.19. The van der Waals surface area contributed by atoms with Crippen molar-refractivity contribution in [3.63, 3.8) is 0 Å². The van der Waals surface area contributed by atoms with Gasteiger partial charge in [0.05, 0.1) is 11.5 Å². The van der Waals surface area contributed by atoms with Gasteiger partial charge in [-0.05, 0) is 43.6 Å². The second kappa shape index (κ2) is 6.28. The van der Waals surface area contributed by atoms with E-state index in [0.717, 1.165) is 41.7 Å². The molecule has 7 nitrogen and oxygen atoms in total. The smallest absolute Gasteiger partial charge is 0.291 e. The fraction of sp³-hybridized carbons (Fsp3) is 0.556. The van der Waals surface area contributed by atoms with E-state index in [1.807, 2.05) is 0 Å². The van der Waals surface area contributed by atoms with Gasteiger partial charge in [0.2, 0.25) is 5.82 Å². The van der Waals surface area contributed by atoms with Crippen molar-refractivity contribution in [2.75, 3.05) is 13.2 Å². The summed E-state index contributed by atoms with van der Waals surface area (Å²) in [7, 11) is 0. The second-order valence-electron chi connectivity index (χ2n) is 7.21. The van der Waals surface area contributed by atoms with Gasteiger partial charge in [-0.25, -0.2) is 14.5 Å². The molecule has 1 N–H and O–H groups in total. The maximum absolute atomic E-state index is 12.5. The highest BCUT2D eigenvalue weighted by Crippen LogP contribution is 2.42. The number of rotatable bonds is 3. The van der Waals surface area contributed by atoms with Crippen molar-refractivity contribution in [2.45, 2.75) is 51.0 Å². The molecule has 2 aliphatic rings. The van der Waals surface area contributed by atoms with Crippen LogP contribution in [-0.2, 0) is 11.2 Å². The summed E-state index contributed by atoms with van der Waals surface area (Å²) in [5.41, 5.74) is 2.09. The Hall–Kier alpha value is -2.06. The first-order chi connectivity index (χ1) is 12.7. The fourth-order valence-electron chi connectivity index (χ4n) is 4.07. The molecule has 4 heterocycles. The zero-order valence-electron chi connectivity index (χ0n) is 14.7. The highest BCUT2D eigenvalue weighted by atomic mass is 32.1. The van der Waals surface area contributed by atoms with E-state index in [1.165, 1.54) is 23.3 Å². The number of hydrogen-bond acceptors (Lipinski definition) is 6. The Balaban J connectivity index is 1.51. The number of aromatic nitrogens is 4. The van der Waals surface area contributed by atoms with Gasteiger partial charge in [-0.15, -0.1) is 16.4 Å². The van der Waals surface area contributed by atoms with Crippen LogP contribution in [0.4, 0.5) is 0 Å². The minimum Gasteiger partial charge on any atom is -0.376 e. The molecule has 1 amide bonds. The Morgan fingerprint density at radius 3 is 3.19 bits per heavy atom. The number of aryl methyl sites for hydroxylation is 1. The lowest BCUT2D eigenvalue weighted by Gasteiger charge is -2.18. The third-order valence-corrected chi connectivity index (χ3v) is 6.57. The van der Waals surface area contributed by atoms with Crippen molar-refractivity contribution in [3.8, 4) is 0 Å². The van der Waals surface area contributed by atoms with E-state index in [2.05, 4.69) is 27.3 Å². The summed E-state index contributed by atoms with van der Waals surface area (Å²) < 4.78 is 7.19. The van der Waals surface area contributed by atoms with Gasteiger partial charge in [0, 0.05) is 18.0 Å². The van der Waals surface area contributed by atoms with Crippen molar-refractivity contribution >= 4 is 33.1 Å². The maximum atomic E-state index is 12.5. The van der Waals surface area contributed by atoms with Crippen LogP contribution >= 0.6 is 11.3 Å². The van der Waals surface area contributed by atoms with Gasteiger partial charge < -0.3 is 10.1 Å². The summed E-state index contributed by atoms with van der Waals surface area (Å²) in [6, 6.07) is 0. The molecular weight excluding hydrogens is 350 g/mol. The lowest BCUT2D eigenvalue weighted by Crippen LogP contribution is -2.32. The molecule has 5 rings (SSSR count). The third-order valence-electron chi connectivity index (χ3n) is 5.39. The SMILES string of the molecule is C[C@@H]1CCCc2sc3ncn4nc(C(=O)NC[C@H]5CCCO5)nc4c3c21. The Labute approximate surface area is 154 Å². The first kappa shape index (κ1) is 16.1. The molecule has 0 radical (unpaired) electrons. The van der Waals surface area contributed by atoms with Crippen molar-refractivity contribution in [1.29, 1.82) is 0 Å². The van der Waals surface area contributed by atoms with Gasteiger partial charge in [-0.2, -0.15) is 0 Å².